The lowest BCUT2D eigenvalue weighted by atomic mass is 10.1. The molecule has 2 rings (SSSR count). The van der Waals surface area contributed by atoms with Crippen LogP contribution in [0.1, 0.15) is 23.4 Å². The Labute approximate surface area is 117 Å². The molecule has 0 amide bonds. The van der Waals surface area contributed by atoms with Gasteiger partial charge in [0.2, 0.25) is 0 Å². The Hall–Kier alpha value is 0.130. The van der Waals surface area contributed by atoms with Crippen molar-refractivity contribution in [2.24, 2.45) is 0 Å². The first-order chi connectivity index (χ1) is 7.72. The summed E-state index contributed by atoms with van der Waals surface area (Å²) < 4.78 is 1.79. The van der Waals surface area contributed by atoms with E-state index in [9.17, 15) is 0 Å². The molecule has 2 aromatic rings. The van der Waals surface area contributed by atoms with E-state index in [4.69, 9.17) is 11.6 Å². The third kappa shape index (κ3) is 2.68. The fraction of sp³-hybridized carbons (Fsp3) is 0.273. The Balaban J connectivity index is 2.32. The number of rotatable bonds is 4. The standard InChI is InChI=1S/C11H11BrClNS2/c1-2-14-10(7-3-4-15-6-7)9-5-8(12)11(13)16-9/h3-6,10,14H,2H2,1H3. The molecule has 1 unspecified atom stereocenters. The van der Waals surface area contributed by atoms with Crippen molar-refractivity contribution in [3.05, 3.63) is 42.1 Å². The summed E-state index contributed by atoms with van der Waals surface area (Å²) in [6.07, 6.45) is 0. The van der Waals surface area contributed by atoms with Crippen molar-refractivity contribution in [2.45, 2.75) is 13.0 Å². The van der Waals surface area contributed by atoms with Crippen molar-refractivity contribution in [2.75, 3.05) is 6.54 Å². The lowest BCUT2D eigenvalue weighted by molar-refractivity contribution is 0.641. The minimum Gasteiger partial charge on any atom is -0.306 e. The van der Waals surface area contributed by atoms with Crippen LogP contribution < -0.4 is 5.32 Å². The van der Waals surface area contributed by atoms with Crippen LogP contribution in [-0.4, -0.2) is 6.54 Å². The van der Waals surface area contributed by atoms with Crippen LogP contribution in [0.5, 0.6) is 0 Å². The topological polar surface area (TPSA) is 12.0 Å². The third-order valence-corrected chi connectivity index (χ3v) is 5.47. The summed E-state index contributed by atoms with van der Waals surface area (Å²) in [5.41, 5.74) is 1.30. The maximum atomic E-state index is 6.08. The van der Waals surface area contributed by atoms with E-state index >= 15 is 0 Å². The second-order valence-corrected chi connectivity index (χ2v) is 6.64. The molecular weight excluding hydrogens is 326 g/mol. The number of nitrogens with one attached hydrogen (secondary N) is 1. The molecule has 1 N–H and O–H groups in total. The lowest BCUT2D eigenvalue weighted by Crippen LogP contribution is -2.20. The van der Waals surface area contributed by atoms with Crippen LogP contribution in [0.3, 0.4) is 0 Å². The highest BCUT2D eigenvalue weighted by molar-refractivity contribution is 9.10. The van der Waals surface area contributed by atoms with Crippen molar-refractivity contribution in [1.29, 1.82) is 0 Å². The first kappa shape index (κ1) is 12.6. The van der Waals surface area contributed by atoms with E-state index in [1.165, 1.54) is 10.4 Å². The molecule has 0 aliphatic carbocycles. The molecule has 0 saturated heterocycles. The lowest BCUT2D eigenvalue weighted by Gasteiger charge is -2.14. The fourth-order valence-electron chi connectivity index (χ4n) is 1.53. The van der Waals surface area contributed by atoms with Gasteiger partial charge in [-0.25, -0.2) is 0 Å². The smallest absolute Gasteiger partial charge is 0.107 e. The first-order valence-corrected chi connectivity index (χ1v) is 7.85. The van der Waals surface area contributed by atoms with E-state index in [0.29, 0.717) is 0 Å². The van der Waals surface area contributed by atoms with Crippen LogP contribution in [0.4, 0.5) is 0 Å². The zero-order chi connectivity index (χ0) is 11.5. The molecule has 0 spiro atoms. The zero-order valence-electron chi connectivity index (χ0n) is 8.67. The van der Waals surface area contributed by atoms with Gasteiger partial charge in [0.25, 0.3) is 0 Å². The molecule has 0 aliphatic rings. The molecule has 1 nitrogen and oxygen atoms in total. The number of hydrogen-bond donors (Lipinski definition) is 1. The van der Waals surface area contributed by atoms with Gasteiger partial charge in [0.15, 0.2) is 0 Å². The van der Waals surface area contributed by atoms with Crippen LogP contribution in [0.15, 0.2) is 27.4 Å². The Morgan fingerprint density at radius 1 is 1.56 bits per heavy atom. The van der Waals surface area contributed by atoms with Gasteiger partial charge in [0.1, 0.15) is 4.34 Å². The Kier molecular flexibility index (Phi) is 4.44. The minimum absolute atomic E-state index is 0.255. The molecule has 2 aromatic heterocycles. The van der Waals surface area contributed by atoms with Crippen LogP contribution in [0, 0.1) is 0 Å². The largest absolute Gasteiger partial charge is 0.306 e. The Morgan fingerprint density at radius 3 is 2.88 bits per heavy atom. The normalized spacial score (nSPS) is 12.9. The molecule has 86 valence electrons. The molecule has 0 aliphatic heterocycles. The van der Waals surface area contributed by atoms with Gasteiger partial charge < -0.3 is 5.32 Å². The van der Waals surface area contributed by atoms with E-state index in [1.807, 2.05) is 0 Å². The second kappa shape index (κ2) is 5.65. The van der Waals surface area contributed by atoms with E-state index in [0.717, 1.165) is 15.4 Å². The van der Waals surface area contributed by atoms with Gasteiger partial charge in [0.05, 0.1) is 6.04 Å². The summed E-state index contributed by atoms with van der Waals surface area (Å²) in [7, 11) is 0. The Morgan fingerprint density at radius 2 is 2.38 bits per heavy atom. The molecule has 2 heterocycles. The van der Waals surface area contributed by atoms with Crippen molar-refractivity contribution in [1.82, 2.24) is 5.32 Å². The van der Waals surface area contributed by atoms with Gasteiger partial charge in [-0.05, 0) is 50.9 Å². The fourth-order valence-corrected chi connectivity index (χ4v) is 4.06. The average Bonchev–Trinajstić information content (AvgIpc) is 2.86. The summed E-state index contributed by atoms with van der Waals surface area (Å²) in [6.45, 7) is 3.05. The maximum absolute atomic E-state index is 6.08. The quantitative estimate of drug-likeness (QED) is 0.835. The van der Waals surface area contributed by atoms with Crippen LogP contribution in [-0.2, 0) is 0 Å². The van der Waals surface area contributed by atoms with Crippen LogP contribution >= 0.6 is 50.2 Å². The average molecular weight is 337 g/mol. The second-order valence-electron chi connectivity index (χ2n) is 3.32. The van der Waals surface area contributed by atoms with Crippen LogP contribution in [0.2, 0.25) is 4.34 Å². The molecule has 0 aromatic carbocycles. The van der Waals surface area contributed by atoms with E-state index < -0.39 is 0 Å². The highest BCUT2D eigenvalue weighted by Crippen LogP contribution is 2.37. The maximum Gasteiger partial charge on any atom is 0.107 e. The number of hydrogen-bond acceptors (Lipinski definition) is 3. The monoisotopic (exact) mass is 335 g/mol. The van der Waals surface area contributed by atoms with Crippen molar-refractivity contribution >= 4 is 50.2 Å². The highest BCUT2D eigenvalue weighted by Gasteiger charge is 2.17. The van der Waals surface area contributed by atoms with E-state index in [1.54, 1.807) is 22.7 Å². The van der Waals surface area contributed by atoms with Crippen molar-refractivity contribution in [3.63, 3.8) is 0 Å². The van der Waals surface area contributed by atoms with Gasteiger partial charge in [-0.15, -0.1) is 11.3 Å². The highest BCUT2D eigenvalue weighted by atomic mass is 79.9. The molecule has 16 heavy (non-hydrogen) atoms. The third-order valence-electron chi connectivity index (χ3n) is 2.23. The molecular formula is C11H11BrClNS2. The van der Waals surface area contributed by atoms with Gasteiger partial charge in [0, 0.05) is 9.35 Å². The molecule has 0 bridgehead atoms. The van der Waals surface area contributed by atoms with E-state index in [-0.39, 0.29) is 6.04 Å². The molecule has 0 radical (unpaired) electrons. The van der Waals surface area contributed by atoms with Crippen LogP contribution in [0.25, 0.3) is 0 Å². The van der Waals surface area contributed by atoms with Crippen molar-refractivity contribution < 1.29 is 0 Å². The van der Waals surface area contributed by atoms with Gasteiger partial charge in [-0.3, -0.25) is 0 Å². The van der Waals surface area contributed by atoms with Gasteiger partial charge in [-0.2, -0.15) is 11.3 Å². The minimum atomic E-state index is 0.255. The first-order valence-electron chi connectivity index (χ1n) is 4.92. The summed E-state index contributed by atoms with van der Waals surface area (Å²) in [6, 6.07) is 4.50. The predicted molar refractivity (Wildman–Crippen MR) is 76.9 cm³/mol. The summed E-state index contributed by atoms with van der Waals surface area (Å²) in [5, 5.41) is 7.76. The molecule has 0 fully saturated rings. The van der Waals surface area contributed by atoms with E-state index in [2.05, 4.69) is 51.1 Å². The molecule has 0 saturated carbocycles. The summed E-state index contributed by atoms with van der Waals surface area (Å²) in [4.78, 5) is 1.25. The van der Waals surface area contributed by atoms with Gasteiger partial charge >= 0.3 is 0 Å². The summed E-state index contributed by atoms with van der Waals surface area (Å²) >= 11 is 12.9. The predicted octanol–water partition coefficient (Wildman–Crippen LogP) is 4.92. The summed E-state index contributed by atoms with van der Waals surface area (Å²) in [5.74, 6) is 0. The van der Waals surface area contributed by atoms with Gasteiger partial charge in [-0.1, -0.05) is 18.5 Å². The zero-order valence-corrected chi connectivity index (χ0v) is 12.6. The molecule has 1 atom stereocenters. The Bertz CT molecular complexity index is 433. The SMILES string of the molecule is CCNC(c1ccsc1)c1cc(Br)c(Cl)s1. The van der Waals surface area contributed by atoms with Crippen molar-refractivity contribution in [3.8, 4) is 0 Å². The molecule has 5 heteroatoms. The number of thiophene rings is 2. The number of halogens is 2.